The molecule has 13 heavy (non-hydrogen) atoms. The first-order valence-electron chi connectivity index (χ1n) is 3.96. The number of hydrogen-bond acceptors (Lipinski definition) is 3. The van der Waals surface area contributed by atoms with E-state index in [0.29, 0.717) is 5.33 Å². The molecule has 0 aliphatic rings. The zero-order chi connectivity index (χ0) is 9.84. The Morgan fingerprint density at radius 3 is 2.92 bits per heavy atom. The Hall–Kier alpha value is -0.910. The van der Waals surface area contributed by atoms with Gasteiger partial charge in [0, 0.05) is 5.33 Å². The third-order valence-electron chi connectivity index (χ3n) is 1.61. The molecular formula is C7H10BrN3O2. The maximum absolute atomic E-state index is 10.4. The van der Waals surface area contributed by atoms with Gasteiger partial charge in [-0.05, 0) is 11.3 Å². The van der Waals surface area contributed by atoms with Crippen LogP contribution in [-0.4, -0.2) is 14.7 Å². The average molecular weight is 248 g/mol. The summed E-state index contributed by atoms with van der Waals surface area (Å²) < 4.78 is 1.66. The molecule has 1 aromatic heterocycles. The van der Waals surface area contributed by atoms with Crippen molar-refractivity contribution in [3.8, 4) is 0 Å². The van der Waals surface area contributed by atoms with E-state index in [-0.39, 0.29) is 5.82 Å². The Morgan fingerprint density at radius 2 is 2.46 bits per heavy atom. The standard InChI is InChI=1S/C7H10BrN3O2/c1-2-3-10-6(5-8)4-7(9-10)11(12)13/h4H,2-3,5H2,1H3. The van der Waals surface area contributed by atoms with E-state index in [1.165, 1.54) is 6.07 Å². The molecule has 0 aliphatic carbocycles. The first-order chi connectivity index (χ1) is 6.19. The molecule has 5 nitrogen and oxygen atoms in total. The van der Waals surface area contributed by atoms with Gasteiger partial charge in [-0.1, -0.05) is 22.9 Å². The third kappa shape index (κ3) is 2.27. The lowest BCUT2D eigenvalue weighted by Gasteiger charge is -1.95. The highest BCUT2D eigenvalue weighted by Crippen LogP contribution is 2.14. The van der Waals surface area contributed by atoms with Crippen LogP contribution in [0.2, 0.25) is 0 Å². The SMILES string of the molecule is CCCn1nc([N+](=O)[O-])cc1CBr. The summed E-state index contributed by atoms with van der Waals surface area (Å²) in [5.41, 5.74) is 0.841. The van der Waals surface area contributed by atoms with Gasteiger partial charge in [0.05, 0.1) is 23.4 Å². The molecule has 0 spiro atoms. The summed E-state index contributed by atoms with van der Waals surface area (Å²) in [5.74, 6) is -0.0806. The molecule has 0 amide bonds. The molecule has 6 heteroatoms. The number of aromatic nitrogens is 2. The van der Waals surface area contributed by atoms with Gasteiger partial charge in [0.1, 0.15) is 0 Å². The fourth-order valence-electron chi connectivity index (χ4n) is 1.04. The Morgan fingerprint density at radius 1 is 1.77 bits per heavy atom. The largest absolute Gasteiger partial charge is 0.390 e. The molecule has 0 aromatic carbocycles. The van der Waals surface area contributed by atoms with E-state index in [4.69, 9.17) is 0 Å². The van der Waals surface area contributed by atoms with Crippen molar-refractivity contribution < 1.29 is 4.92 Å². The topological polar surface area (TPSA) is 61.0 Å². The average Bonchev–Trinajstić information content (AvgIpc) is 2.48. The smallest absolute Gasteiger partial charge is 0.358 e. The molecule has 72 valence electrons. The van der Waals surface area contributed by atoms with Crippen LogP contribution in [0.15, 0.2) is 6.07 Å². The van der Waals surface area contributed by atoms with Crippen LogP contribution in [0.4, 0.5) is 5.82 Å². The van der Waals surface area contributed by atoms with Crippen LogP contribution >= 0.6 is 15.9 Å². The molecule has 0 N–H and O–H groups in total. The number of alkyl halides is 1. The Kier molecular flexibility index (Phi) is 3.41. The van der Waals surface area contributed by atoms with Crippen LogP contribution in [0.5, 0.6) is 0 Å². The molecule has 0 unspecified atom stereocenters. The molecule has 1 aromatic rings. The Balaban J connectivity index is 2.96. The Bertz CT molecular complexity index is 311. The summed E-state index contributed by atoms with van der Waals surface area (Å²) in [6.45, 7) is 2.72. The summed E-state index contributed by atoms with van der Waals surface area (Å²) in [6, 6.07) is 1.49. The van der Waals surface area contributed by atoms with Crippen LogP contribution in [0.25, 0.3) is 0 Å². The van der Waals surface area contributed by atoms with Crippen LogP contribution < -0.4 is 0 Å². The van der Waals surface area contributed by atoms with Crippen LogP contribution in [0.3, 0.4) is 0 Å². The first-order valence-corrected chi connectivity index (χ1v) is 5.08. The summed E-state index contributed by atoms with van der Waals surface area (Å²) in [5, 5.41) is 14.9. The Labute approximate surface area is 84.0 Å². The molecule has 1 rings (SSSR count). The molecule has 0 aliphatic heterocycles. The second-order valence-electron chi connectivity index (χ2n) is 2.61. The van der Waals surface area contributed by atoms with Gasteiger partial charge < -0.3 is 10.1 Å². The number of halogens is 1. The van der Waals surface area contributed by atoms with Crippen molar-refractivity contribution in [3.05, 3.63) is 21.9 Å². The van der Waals surface area contributed by atoms with Crippen molar-refractivity contribution in [2.45, 2.75) is 25.2 Å². The van der Waals surface area contributed by atoms with Crippen molar-refractivity contribution >= 4 is 21.7 Å². The minimum atomic E-state index is -0.474. The molecule has 0 bridgehead atoms. The molecule has 1 heterocycles. The van der Waals surface area contributed by atoms with E-state index in [1.54, 1.807) is 4.68 Å². The van der Waals surface area contributed by atoms with Crippen LogP contribution in [0.1, 0.15) is 19.0 Å². The minimum Gasteiger partial charge on any atom is -0.358 e. The normalized spacial score (nSPS) is 10.3. The quantitative estimate of drug-likeness (QED) is 0.465. The van der Waals surface area contributed by atoms with Crippen molar-refractivity contribution in [2.75, 3.05) is 0 Å². The van der Waals surface area contributed by atoms with E-state index in [0.717, 1.165) is 18.7 Å². The van der Waals surface area contributed by atoms with E-state index in [9.17, 15) is 10.1 Å². The summed E-state index contributed by atoms with van der Waals surface area (Å²) in [6.07, 6.45) is 0.916. The minimum absolute atomic E-state index is 0.0806. The predicted molar refractivity (Wildman–Crippen MR) is 51.8 cm³/mol. The van der Waals surface area contributed by atoms with Gasteiger partial charge in [-0.3, -0.25) is 0 Å². The number of aryl methyl sites for hydroxylation is 1. The summed E-state index contributed by atoms with van der Waals surface area (Å²) in [7, 11) is 0. The lowest BCUT2D eigenvalue weighted by molar-refractivity contribution is -0.389. The number of nitrogens with zero attached hydrogens (tertiary/aromatic N) is 3. The lowest BCUT2D eigenvalue weighted by atomic mass is 10.4. The second-order valence-corrected chi connectivity index (χ2v) is 3.17. The highest BCUT2D eigenvalue weighted by molar-refractivity contribution is 9.08. The van der Waals surface area contributed by atoms with Crippen molar-refractivity contribution in [3.63, 3.8) is 0 Å². The van der Waals surface area contributed by atoms with Crippen LogP contribution in [-0.2, 0) is 11.9 Å². The van der Waals surface area contributed by atoms with E-state index < -0.39 is 4.92 Å². The number of rotatable bonds is 4. The van der Waals surface area contributed by atoms with Gasteiger partial charge in [0.25, 0.3) is 0 Å². The first kappa shape index (κ1) is 10.2. The summed E-state index contributed by atoms with van der Waals surface area (Å²) in [4.78, 5) is 9.93. The molecule has 0 atom stereocenters. The molecular weight excluding hydrogens is 238 g/mol. The monoisotopic (exact) mass is 247 g/mol. The van der Waals surface area contributed by atoms with Gasteiger partial charge in [-0.2, -0.15) is 4.68 Å². The number of nitro groups is 1. The fraction of sp³-hybridized carbons (Fsp3) is 0.571. The van der Waals surface area contributed by atoms with Crippen molar-refractivity contribution in [1.82, 2.24) is 9.78 Å². The highest BCUT2D eigenvalue weighted by Gasteiger charge is 2.15. The fourth-order valence-corrected chi connectivity index (χ4v) is 1.49. The zero-order valence-corrected chi connectivity index (χ0v) is 8.82. The zero-order valence-electron chi connectivity index (χ0n) is 7.23. The highest BCUT2D eigenvalue weighted by atomic mass is 79.9. The van der Waals surface area contributed by atoms with Gasteiger partial charge in [0.15, 0.2) is 0 Å². The third-order valence-corrected chi connectivity index (χ3v) is 2.18. The summed E-state index contributed by atoms with van der Waals surface area (Å²) >= 11 is 3.26. The molecule has 0 saturated carbocycles. The van der Waals surface area contributed by atoms with E-state index in [2.05, 4.69) is 21.0 Å². The lowest BCUT2D eigenvalue weighted by Crippen LogP contribution is -2.03. The van der Waals surface area contributed by atoms with Gasteiger partial charge in [-0.25, -0.2) is 0 Å². The van der Waals surface area contributed by atoms with Crippen molar-refractivity contribution in [1.29, 1.82) is 0 Å². The van der Waals surface area contributed by atoms with Gasteiger partial charge >= 0.3 is 5.82 Å². The molecule has 0 saturated heterocycles. The molecule has 0 radical (unpaired) electrons. The van der Waals surface area contributed by atoms with E-state index in [1.807, 2.05) is 6.92 Å². The predicted octanol–water partition coefficient (Wildman–Crippen LogP) is 2.10. The van der Waals surface area contributed by atoms with E-state index >= 15 is 0 Å². The van der Waals surface area contributed by atoms with Gasteiger partial charge in [0.2, 0.25) is 0 Å². The second kappa shape index (κ2) is 4.36. The molecule has 0 fully saturated rings. The maximum atomic E-state index is 10.4. The maximum Gasteiger partial charge on any atom is 0.390 e. The van der Waals surface area contributed by atoms with Crippen LogP contribution in [0, 0.1) is 10.1 Å². The van der Waals surface area contributed by atoms with Gasteiger partial charge in [-0.15, -0.1) is 0 Å². The van der Waals surface area contributed by atoms with Crippen molar-refractivity contribution in [2.24, 2.45) is 0 Å². The number of hydrogen-bond donors (Lipinski definition) is 0.